The normalized spacial score (nSPS) is 18.0. The van der Waals surface area contributed by atoms with Crippen LogP contribution in [0, 0.1) is 0 Å². The van der Waals surface area contributed by atoms with Crippen molar-refractivity contribution < 1.29 is 9.59 Å². The van der Waals surface area contributed by atoms with Crippen LogP contribution in [0.1, 0.15) is 6.92 Å². The van der Waals surface area contributed by atoms with Crippen molar-refractivity contribution >= 4 is 17.8 Å². The van der Waals surface area contributed by atoms with Gasteiger partial charge in [0, 0.05) is 38.4 Å². The van der Waals surface area contributed by atoms with Crippen molar-refractivity contribution in [1.82, 2.24) is 19.9 Å². The molecule has 2 amide bonds. The first-order valence-corrected chi connectivity index (χ1v) is 6.89. The zero-order valence-corrected chi connectivity index (χ0v) is 12.3. The maximum absolute atomic E-state index is 12.6. The number of hydrazine groups is 1. The van der Waals surface area contributed by atoms with E-state index < -0.39 is 5.91 Å². The molecule has 0 aromatic carbocycles. The van der Waals surface area contributed by atoms with Crippen LogP contribution >= 0.6 is 0 Å². The second kappa shape index (κ2) is 5.44. The minimum Gasteiger partial charge on any atom is -0.354 e. The number of carbonyl (C=O) groups excluding carboxylic acids is 2. The summed E-state index contributed by atoms with van der Waals surface area (Å²) in [5.41, 5.74) is 0.711. The fraction of sp³-hybridized carbons (Fsp3) is 0.200. The maximum atomic E-state index is 12.6. The fourth-order valence-electron chi connectivity index (χ4n) is 2.29. The topological polar surface area (TPSA) is 69.6 Å². The number of rotatable bonds is 2. The highest BCUT2D eigenvalue weighted by molar-refractivity contribution is 6.29. The Labute approximate surface area is 127 Å². The summed E-state index contributed by atoms with van der Waals surface area (Å²) in [5, 5.41) is 2.41. The molecular formula is C15H15N5O2. The molecule has 0 atom stereocenters. The average Bonchev–Trinajstić information content (AvgIpc) is 2.78. The van der Waals surface area contributed by atoms with Crippen LogP contribution in [0.3, 0.4) is 0 Å². The molecule has 0 unspecified atom stereocenters. The van der Waals surface area contributed by atoms with Crippen LogP contribution in [0.5, 0.6) is 0 Å². The van der Waals surface area contributed by atoms with E-state index in [4.69, 9.17) is 0 Å². The SMILES string of the molecule is CCN1C=CC(=C2C(=O)N(C)N(c3ncccn3)C2=O)C=C1. The first kappa shape index (κ1) is 14.0. The summed E-state index contributed by atoms with van der Waals surface area (Å²) in [4.78, 5) is 35.1. The third-order valence-corrected chi connectivity index (χ3v) is 3.50. The molecule has 1 aromatic rings. The predicted molar refractivity (Wildman–Crippen MR) is 80.0 cm³/mol. The van der Waals surface area contributed by atoms with Gasteiger partial charge in [-0.15, -0.1) is 0 Å². The summed E-state index contributed by atoms with van der Waals surface area (Å²) in [6.07, 6.45) is 10.3. The molecule has 3 heterocycles. The van der Waals surface area contributed by atoms with E-state index in [9.17, 15) is 9.59 Å². The summed E-state index contributed by atoms with van der Waals surface area (Å²) in [5.74, 6) is -0.613. The van der Waals surface area contributed by atoms with Crippen molar-refractivity contribution in [1.29, 1.82) is 0 Å². The van der Waals surface area contributed by atoms with Crippen molar-refractivity contribution in [3.63, 3.8) is 0 Å². The molecule has 0 aliphatic carbocycles. The van der Waals surface area contributed by atoms with Crippen LogP contribution in [0.15, 0.2) is 54.2 Å². The molecule has 1 fully saturated rings. The number of anilines is 1. The molecule has 7 heteroatoms. The highest BCUT2D eigenvalue weighted by Gasteiger charge is 2.42. The molecule has 1 aromatic heterocycles. The van der Waals surface area contributed by atoms with Gasteiger partial charge in [-0.3, -0.25) is 9.59 Å². The lowest BCUT2D eigenvalue weighted by Gasteiger charge is -2.20. The lowest BCUT2D eigenvalue weighted by Crippen LogP contribution is -2.39. The Kier molecular flexibility index (Phi) is 3.46. The van der Waals surface area contributed by atoms with Crippen molar-refractivity contribution in [3.8, 4) is 0 Å². The highest BCUT2D eigenvalue weighted by Crippen LogP contribution is 2.26. The van der Waals surface area contributed by atoms with Gasteiger partial charge in [0.25, 0.3) is 17.8 Å². The molecule has 1 saturated heterocycles. The van der Waals surface area contributed by atoms with Gasteiger partial charge in [-0.1, -0.05) is 0 Å². The molecular weight excluding hydrogens is 282 g/mol. The van der Waals surface area contributed by atoms with Gasteiger partial charge in [-0.2, -0.15) is 5.01 Å². The quantitative estimate of drug-likeness (QED) is 0.598. The second-order valence-electron chi connectivity index (χ2n) is 4.79. The highest BCUT2D eigenvalue weighted by atomic mass is 16.2. The molecule has 0 spiro atoms. The first-order valence-electron chi connectivity index (χ1n) is 6.89. The van der Waals surface area contributed by atoms with Crippen molar-refractivity contribution in [2.45, 2.75) is 6.92 Å². The Bertz CT molecular complexity index is 692. The van der Waals surface area contributed by atoms with Gasteiger partial charge in [-0.25, -0.2) is 15.0 Å². The summed E-state index contributed by atoms with van der Waals surface area (Å²) in [6.45, 7) is 2.84. The van der Waals surface area contributed by atoms with Gasteiger partial charge in [0.15, 0.2) is 0 Å². The number of hydrogen-bond acceptors (Lipinski definition) is 5. The Morgan fingerprint density at radius 3 is 2.27 bits per heavy atom. The molecule has 2 aliphatic heterocycles. The van der Waals surface area contributed by atoms with Crippen LogP contribution in [-0.4, -0.2) is 45.3 Å². The largest absolute Gasteiger partial charge is 0.354 e. The minimum atomic E-state index is -0.423. The number of carbonyl (C=O) groups is 2. The van der Waals surface area contributed by atoms with Gasteiger partial charge >= 0.3 is 0 Å². The molecule has 0 saturated carbocycles. The molecule has 0 N–H and O–H groups in total. The minimum absolute atomic E-state index is 0.123. The summed E-state index contributed by atoms with van der Waals surface area (Å²) < 4.78 is 0. The van der Waals surface area contributed by atoms with Crippen LogP contribution in [0.25, 0.3) is 0 Å². The molecule has 0 radical (unpaired) electrons. The molecule has 2 aliphatic rings. The Balaban J connectivity index is 2.00. The van der Waals surface area contributed by atoms with E-state index in [1.54, 1.807) is 18.2 Å². The number of amides is 2. The van der Waals surface area contributed by atoms with Crippen molar-refractivity contribution in [2.75, 3.05) is 18.6 Å². The third kappa shape index (κ3) is 2.16. The van der Waals surface area contributed by atoms with E-state index in [1.165, 1.54) is 29.5 Å². The van der Waals surface area contributed by atoms with Crippen molar-refractivity contribution in [3.05, 3.63) is 54.2 Å². The Morgan fingerprint density at radius 1 is 1.05 bits per heavy atom. The van der Waals surface area contributed by atoms with Crippen LogP contribution in [0.2, 0.25) is 0 Å². The van der Waals surface area contributed by atoms with Crippen LogP contribution in [0.4, 0.5) is 5.95 Å². The zero-order chi connectivity index (χ0) is 15.7. The number of hydrogen-bond donors (Lipinski definition) is 0. The number of nitrogens with zero attached hydrogens (tertiary/aromatic N) is 5. The van der Waals surface area contributed by atoms with Gasteiger partial charge in [0.1, 0.15) is 5.57 Å². The van der Waals surface area contributed by atoms with Crippen LogP contribution in [-0.2, 0) is 9.59 Å². The standard InChI is InChI=1S/C15H15N5O2/c1-3-19-9-5-11(6-10-19)12-13(21)18(2)20(14(12)22)15-16-7-4-8-17-15/h4-10H,3H2,1-2H3. The van der Waals surface area contributed by atoms with E-state index in [1.807, 2.05) is 24.2 Å². The zero-order valence-electron chi connectivity index (χ0n) is 12.3. The fourth-order valence-corrected chi connectivity index (χ4v) is 2.29. The van der Waals surface area contributed by atoms with Gasteiger partial charge in [-0.05, 0) is 30.7 Å². The smallest absolute Gasteiger partial charge is 0.286 e. The summed E-state index contributed by atoms with van der Waals surface area (Å²) in [7, 11) is 1.53. The number of allylic oxidation sites excluding steroid dienone is 3. The van der Waals surface area contributed by atoms with Crippen molar-refractivity contribution in [2.24, 2.45) is 0 Å². The molecule has 3 rings (SSSR count). The van der Waals surface area contributed by atoms with E-state index in [2.05, 4.69) is 9.97 Å². The molecule has 22 heavy (non-hydrogen) atoms. The third-order valence-electron chi connectivity index (χ3n) is 3.50. The molecule has 112 valence electrons. The van der Waals surface area contributed by atoms with E-state index in [0.29, 0.717) is 5.57 Å². The number of aromatic nitrogens is 2. The monoisotopic (exact) mass is 297 g/mol. The van der Waals surface area contributed by atoms with Gasteiger partial charge in [0.05, 0.1) is 0 Å². The molecule has 0 bridgehead atoms. The summed E-state index contributed by atoms with van der Waals surface area (Å²) >= 11 is 0. The lowest BCUT2D eigenvalue weighted by molar-refractivity contribution is -0.124. The predicted octanol–water partition coefficient (Wildman–Crippen LogP) is 0.856. The second-order valence-corrected chi connectivity index (χ2v) is 4.79. The maximum Gasteiger partial charge on any atom is 0.286 e. The van der Waals surface area contributed by atoms with E-state index >= 15 is 0 Å². The van der Waals surface area contributed by atoms with Crippen LogP contribution < -0.4 is 5.01 Å². The lowest BCUT2D eigenvalue weighted by atomic mass is 10.1. The Morgan fingerprint density at radius 2 is 1.68 bits per heavy atom. The van der Waals surface area contributed by atoms with E-state index in [-0.39, 0.29) is 17.4 Å². The molecule has 7 nitrogen and oxygen atoms in total. The van der Waals surface area contributed by atoms with Gasteiger partial charge in [0.2, 0.25) is 0 Å². The van der Waals surface area contributed by atoms with Gasteiger partial charge < -0.3 is 4.90 Å². The summed E-state index contributed by atoms with van der Waals surface area (Å²) in [6, 6.07) is 1.65. The average molecular weight is 297 g/mol. The number of likely N-dealkylation sites (N-methyl/N-ethyl adjacent to an activating group) is 1. The van der Waals surface area contributed by atoms with E-state index in [0.717, 1.165) is 6.54 Å². The first-order chi connectivity index (χ1) is 10.6. The Hall–Kier alpha value is -2.96.